The Morgan fingerprint density at radius 1 is 1.40 bits per heavy atom. The van der Waals surface area contributed by atoms with Crippen LogP contribution < -0.4 is 5.32 Å². The van der Waals surface area contributed by atoms with Crippen LogP contribution in [0.4, 0.5) is 0 Å². The number of unbranched alkanes of at least 4 members (excludes halogenated alkanes) is 3. The zero-order valence-corrected chi connectivity index (χ0v) is 9.68. The van der Waals surface area contributed by atoms with E-state index in [4.69, 9.17) is 0 Å². The van der Waals surface area contributed by atoms with Crippen molar-refractivity contribution < 1.29 is 0 Å². The molecule has 2 heterocycles. The van der Waals surface area contributed by atoms with E-state index in [1.807, 2.05) is 0 Å². The Morgan fingerprint density at radius 3 is 3.13 bits per heavy atom. The van der Waals surface area contributed by atoms with Crippen molar-refractivity contribution >= 4 is 0 Å². The fraction of sp³-hybridized carbons (Fsp3) is 0.714. The van der Waals surface area contributed by atoms with Crippen molar-refractivity contribution in [1.82, 2.24) is 5.32 Å². The molecule has 2 atom stereocenters. The second kappa shape index (κ2) is 5.37. The predicted molar refractivity (Wildman–Crippen MR) is 64.6 cm³/mol. The van der Waals surface area contributed by atoms with Crippen molar-refractivity contribution in [3.63, 3.8) is 0 Å². The first kappa shape index (κ1) is 10.8. The SMILES string of the molecule is CCCCCC#CC1=CC2CCC(C1)N2. The van der Waals surface area contributed by atoms with Gasteiger partial charge in [-0.15, -0.1) is 0 Å². The molecule has 1 heteroatoms. The van der Waals surface area contributed by atoms with Gasteiger partial charge in [0.1, 0.15) is 0 Å². The lowest BCUT2D eigenvalue weighted by Crippen LogP contribution is -2.32. The van der Waals surface area contributed by atoms with Gasteiger partial charge in [0.15, 0.2) is 0 Å². The largest absolute Gasteiger partial charge is 0.307 e. The zero-order chi connectivity index (χ0) is 10.5. The lowest BCUT2D eigenvalue weighted by molar-refractivity contribution is 0.557. The minimum Gasteiger partial charge on any atom is -0.307 e. The molecule has 1 N–H and O–H groups in total. The Hall–Kier alpha value is -0.740. The molecule has 2 rings (SSSR count). The van der Waals surface area contributed by atoms with E-state index in [0.717, 1.165) is 18.9 Å². The van der Waals surface area contributed by atoms with E-state index in [1.54, 1.807) is 0 Å². The molecule has 0 radical (unpaired) electrons. The topological polar surface area (TPSA) is 12.0 Å². The second-order valence-electron chi connectivity index (χ2n) is 4.70. The maximum atomic E-state index is 3.59. The molecule has 1 saturated heterocycles. The van der Waals surface area contributed by atoms with Gasteiger partial charge >= 0.3 is 0 Å². The summed E-state index contributed by atoms with van der Waals surface area (Å²) in [5.74, 6) is 6.67. The highest BCUT2D eigenvalue weighted by atomic mass is 15.0. The lowest BCUT2D eigenvalue weighted by Gasteiger charge is -2.17. The van der Waals surface area contributed by atoms with E-state index in [9.17, 15) is 0 Å². The summed E-state index contributed by atoms with van der Waals surface area (Å²) in [6.45, 7) is 2.24. The van der Waals surface area contributed by atoms with Crippen molar-refractivity contribution in [2.75, 3.05) is 0 Å². The van der Waals surface area contributed by atoms with Crippen LogP contribution in [-0.4, -0.2) is 12.1 Å². The highest BCUT2D eigenvalue weighted by molar-refractivity contribution is 5.33. The van der Waals surface area contributed by atoms with Gasteiger partial charge in [0.2, 0.25) is 0 Å². The summed E-state index contributed by atoms with van der Waals surface area (Å²) < 4.78 is 0. The van der Waals surface area contributed by atoms with E-state index >= 15 is 0 Å². The van der Waals surface area contributed by atoms with E-state index in [2.05, 4.69) is 30.2 Å². The maximum absolute atomic E-state index is 3.59. The minimum atomic E-state index is 0.628. The first-order chi connectivity index (χ1) is 7.38. The summed E-state index contributed by atoms with van der Waals surface area (Å²) in [5, 5.41) is 3.59. The first-order valence-electron chi connectivity index (χ1n) is 6.34. The minimum absolute atomic E-state index is 0.628. The second-order valence-corrected chi connectivity index (χ2v) is 4.70. The summed E-state index contributed by atoms with van der Waals surface area (Å²) in [6, 6.07) is 1.35. The average molecular weight is 203 g/mol. The first-order valence-corrected chi connectivity index (χ1v) is 6.34. The van der Waals surface area contributed by atoms with Gasteiger partial charge in [-0.2, -0.15) is 0 Å². The fourth-order valence-corrected chi connectivity index (χ4v) is 2.45. The van der Waals surface area contributed by atoms with E-state index in [-0.39, 0.29) is 0 Å². The molecule has 0 saturated carbocycles. The Balaban J connectivity index is 1.79. The zero-order valence-electron chi connectivity index (χ0n) is 9.68. The molecule has 0 amide bonds. The Bertz CT molecular complexity index is 292. The van der Waals surface area contributed by atoms with E-state index in [0.29, 0.717) is 6.04 Å². The molecule has 0 aromatic heterocycles. The van der Waals surface area contributed by atoms with Gasteiger partial charge in [-0.25, -0.2) is 0 Å². The number of rotatable bonds is 3. The molecule has 2 unspecified atom stereocenters. The molecule has 2 bridgehead atoms. The van der Waals surface area contributed by atoms with Gasteiger partial charge in [0.25, 0.3) is 0 Å². The summed E-state index contributed by atoms with van der Waals surface area (Å²) >= 11 is 0. The van der Waals surface area contributed by atoms with Crippen LogP contribution in [0, 0.1) is 11.8 Å². The third-order valence-electron chi connectivity index (χ3n) is 3.30. The molecule has 2 aliphatic rings. The normalized spacial score (nSPS) is 28.2. The van der Waals surface area contributed by atoms with Crippen molar-refractivity contribution in [1.29, 1.82) is 0 Å². The molecule has 0 spiro atoms. The van der Waals surface area contributed by atoms with Crippen molar-refractivity contribution in [3.05, 3.63) is 11.6 Å². The summed E-state index contributed by atoms with van der Waals surface area (Å²) in [6.07, 6.45) is 11.1. The highest BCUT2D eigenvalue weighted by Crippen LogP contribution is 2.25. The molecule has 0 aromatic rings. The van der Waals surface area contributed by atoms with Crippen LogP contribution in [0.1, 0.15) is 51.9 Å². The van der Waals surface area contributed by atoms with Crippen LogP contribution >= 0.6 is 0 Å². The van der Waals surface area contributed by atoms with Crippen molar-refractivity contribution in [2.45, 2.75) is 64.0 Å². The van der Waals surface area contributed by atoms with Crippen LogP contribution in [0.15, 0.2) is 11.6 Å². The molecule has 15 heavy (non-hydrogen) atoms. The molecular formula is C14H21N. The van der Waals surface area contributed by atoms with E-state index < -0.39 is 0 Å². The Morgan fingerprint density at radius 2 is 2.33 bits per heavy atom. The van der Waals surface area contributed by atoms with Crippen LogP contribution in [0.5, 0.6) is 0 Å². The van der Waals surface area contributed by atoms with Crippen molar-refractivity contribution in [2.24, 2.45) is 0 Å². The predicted octanol–water partition coefficient (Wildman–Crippen LogP) is 3.02. The number of nitrogens with one attached hydrogen (secondary N) is 1. The van der Waals surface area contributed by atoms with Gasteiger partial charge in [0, 0.05) is 24.1 Å². The molecular weight excluding hydrogens is 182 g/mol. The molecule has 2 aliphatic heterocycles. The van der Waals surface area contributed by atoms with Crippen LogP contribution in [0.3, 0.4) is 0 Å². The maximum Gasteiger partial charge on any atom is 0.0265 e. The van der Waals surface area contributed by atoms with Crippen LogP contribution in [0.25, 0.3) is 0 Å². The van der Waals surface area contributed by atoms with Crippen LogP contribution in [0.2, 0.25) is 0 Å². The number of hydrogen-bond donors (Lipinski definition) is 1. The van der Waals surface area contributed by atoms with Gasteiger partial charge in [-0.05, 0) is 25.7 Å². The quantitative estimate of drug-likeness (QED) is 0.549. The highest BCUT2D eigenvalue weighted by Gasteiger charge is 2.26. The summed E-state index contributed by atoms with van der Waals surface area (Å²) in [7, 11) is 0. The summed E-state index contributed by atoms with van der Waals surface area (Å²) in [5.41, 5.74) is 1.39. The molecule has 0 aromatic carbocycles. The fourth-order valence-electron chi connectivity index (χ4n) is 2.45. The third kappa shape index (κ3) is 3.11. The Labute approximate surface area is 93.3 Å². The number of fused-ring (bicyclic) bond motifs is 2. The van der Waals surface area contributed by atoms with Gasteiger partial charge in [0.05, 0.1) is 0 Å². The average Bonchev–Trinajstić information content (AvgIpc) is 2.58. The monoisotopic (exact) mass is 203 g/mol. The number of hydrogen-bond acceptors (Lipinski definition) is 1. The van der Waals surface area contributed by atoms with Crippen LogP contribution in [-0.2, 0) is 0 Å². The smallest absolute Gasteiger partial charge is 0.0265 e. The van der Waals surface area contributed by atoms with Gasteiger partial charge < -0.3 is 5.32 Å². The molecule has 1 nitrogen and oxygen atoms in total. The van der Waals surface area contributed by atoms with Crippen molar-refractivity contribution in [3.8, 4) is 11.8 Å². The Kier molecular flexibility index (Phi) is 3.86. The van der Waals surface area contributed by atoms with Gasteiger partial charge in [-0.3, -0.25) is 0 Å². The molecule has 0 aliphatic carbocycles. The van der Waals surface area contributed by atoms with Gasteiger partial charge in [-0.1, -0.05) is 37.7 Å². The standard InChI is InChI=1S/C14H21N/c1-2-3-4-5-6-7-12-10-13-8-9-14(11-12)15-13/h10,13-15H,2-5,8-9,11H2,1H3. The summed E-state index contributed by atoms with van der Waals surface area (Å²) in [4.78, 5) is 0. The molecule has 1 fully saturated rings. The van der Waals surface area contributed by atoms with E-state index in [1.165, 1.54) is 37.7 Å². The molecule has 82 valence electrons. The lowest BCUT2D eigenvalue weighted by atomic mass is 10.0. The third-order valence-corrected chi connectivity index (χ3v) is 3.30.